The molecule has 0 aromatic rings. The van der Waals surface area contributed by atoms with Gasteiger partial charge >= 0.3 is 0 Å². The van der Waals surface area contributed by atoms with Crippen LogP contribution in [-0.4, -0.2) is 28.7 Å². The third-order valence-corrected chi connectivity index (χ3v) is 1.22. The topological polar surface area (TPSA) is 89.4 Å². The number of rotatable bonds is 3. The average molecular weight is 134 g/mol. The number of hydrogen-bond acceptors (Lipinski definition) is 4. The Morgan fingerprint density at radius 3 is 2.33 bits per heavy atom. The standard InChI is InChI=1S/C4H10N2O3/c1-4(2-5,3-7)6(8)9/h7H,2-3,5H2,1H3. The highest BCUT2D eigenvalue weighted by Crippen LogP contribution is 2.03. The van der Waals surface area contributed by atoms with Crippen molar-refractivity contribution in [2.24, 2.45) is 5.73 Å². The molecule has 9 heavy (non-hydrogen) atoms. The van der Waals surface area contributed by atoms with Crippen LogP contribution in [0, 0.1) is 10.1 Å². The van der Waals surface area contributed by atoms with E-state index in [9.17, 15) is 10.1 Å². The smallest absolute Gasteiger partial charge is 0.254 e. The first-order valence-electron chi connectivity index (χ1n) is 2.52. The molecule has 54 valence electrons. The molecule has 0 bridgehead atoms. The Morgan fingerprint density at radius 1 is 1.89 bits per heavy atom. The second kappa shape index (κ2) is 2.75. The van der Waals surface area contributed by atoms with Gasteiger partial charge in [0.1, 0.15) is 6.61 Å². The van der Waals surface area contributed by atoms with Crippen molar-refractivity contribution in [3.63, 3.8) is 0 Å². The van der Waals surface area contributed by atoms with E-state index in [0.29, 0.717) is 0 Å². The molecule has 1 unspecified atom stereocenters. The van der Waals surface area contributed by atoms with Crippen molar-refractivity contribution in [1.29, 1.82) is 0 Å². The lowest BCUT2D eigenvalue weighted by Gasteiger charge is -2.14. The van der Waals surface area contributed by atoms with E-state index in [4.69, 9.17) is 10.8 Å². The predicted molar refractivity (Wildman–Crippen MR) is 31.5 cm³/mol. The van der Waals surface area contributed by atoms with Gasteiger partial charge in [-0.15, -0.1) is 0 Å². The molecule has 0 aliphatic rings. The van der Waals surface area contributed by atoms with Crippen LogP contribution in [-0.2, 0) is 0 Å². The zero-order valence-electron chi connectivity index (χ0n) is 5.20. The molecule has 5 heteroatoms. The van der Waals surface area contributed by atoms with Crippen molar-refractivity contribution in [1.82, 2.24) is 0 Å². The molecule has 0 saturated carbocycles. The molecule has 5 nitrogen and oxygen atoms in total. The SMILES string of the molecule is CC(CN)(CO)[N+](=O)[O-]. The summed E-state index contributed by atoms with van der Waals surface area (Å²) in [6.07, 6.45) is 0. The summed E-state index contributed by atoms with van der Waals surface area (Å²) in [7, 11) is 0. The molecule has 0 rings (SSSR count). The maximum Gasteiger partial charge on any atom is 0.254 e. The second-order valence-corrected chi connectivity index (χ2v) is 2.12. The Labute approximate surface area is 52.6 Å². The van der Waals surface area contributed by atoms with Crippen molar-refractivity contribution >= 4 is 0 Å². The van der Waals surface area contributed by atoms with Gasteiger partial charge in [-0.1, -0.05) is 0 Å². The zero-order valence-corrected chi connectivity index (χ0v) is 5.20. The van der Waals surface area contributed by atoms with E-state index in [-0.39, 0.29) is 6.54 Å². The van der Waals surface area contributed by atoms with E-state index in [1.54, 1.807) is 0 Å². The van der Waals surface area contributed by atoms with Crippen LogP contribution in [0.15, 0.2) is 0 Å². The molecule has 0 radical (unpaired) electrons. The summed E-state index contributed by atoms with van der Waals surface area (Å²) in [4.78, 5) is 9.47. The lowest BCUT2D eigenvalue weighted by atomic mass is 10.1. The van der Waals surface area contributed by atoms with Crippen LogP contribution < -0.4 is 5.73 Å². The number of nitro groups is 1. The summed E-state index contributed by atoms with van der Waals surface area (Å²) in [6, 6.07) is 0. The van der Waals surface area contributed by atoms with Gasteiger partial charge in [0, 0.05) is 11.8 Å². The molecule has 3 N–H and O–H groups in total. The van der Waals surface area contributed by atoms with Gasteiger partial charge in [0.2, 0.25) is 0 Å². The maximum atomic E-state index is 10.0. The third kappa shape index (κ3) is 1.62. The van der Waals surface area contributed by atoms with Gasteiger partial charge in [0.05, 0.1) is 6.54 Å². The first-order valence-corrected chi connectivity index (χ1v) is 2.52. The quantitative estimate of drug-likeness (QED) is 0.381. The summed E-state index contributed by atoms with van der Waals surface area (Å²) in [5, 5.41) is 18.5. The summed E-state index contributed by atoms with van der Waals surface area (Å²) in [6.45, 7) is 0.639. The van der Waals surface area contributed by atoms with E-state index >= 15 is 0 Å². The number of nitrogens with zero attached hydrogens (tertiary/aromatic N) is 1. The molecular formula is C4H10N2O3. The molecular weight excluding hydrogens is 124 g/mol. The summed E-state index contributed by atoms with van der Waals surface area (Å²) < 4.78 is 0. The van der Waals surface area contributed by atoms with Gasteiger partial charge in [-0.3, -0.25) is 10.1 Å². The van der Waals surface area contributed by atoms with Crippen molar-refractivity contribution < 1.29 is 10.0 Å². The minimum Gasteiger partial charge on any atom is -0.389 e. The number of aliphatic hydroxyl groups excluding tert-OH is 1. The zero-order chi connectivity index (χ0) is 7.49. The largest absolute Gasteiger partial charge is 0.389 e. The van der Waals surface area contributed by atoms with Crippen molar-refractivity contribution in [3.05, 3.63) is 10.1 Å². The van der Waals surface area contributed by atoms with E-state index in [1.165, 1.54) is 6.92 Å². The van der Waals surface area contributed by atoms with Gasteiger partial charge in [0.25, 0.3) is 5.54 Å². The highest BCUT2D eigenvalue weighted by atomic mass is 16.6. The summed E-state index contributed by atoms with van der Waals surface area (Å²) in [5.74, 6) is 0. The number of nitrogens with two attached hydrogens (primary N) is 1. The average Bonchev–Trinajstić information content (AvgIpc) is 1.86. The highest BCUT2D eigenvalue weighted by molar-refractivity contribution is 4.72. The summed E-state index contributed by atoms with van der Waals surface area (Å²) in [5.41, 5.74) is 3.66. The van der Waals surface area contributed by atoms with Gasteiger partial charge in [-0.05, 0) is 0 Å². The Kier molecular flexibility index (Phi) is 2.54. The van der Waals surface area contributed by atoms with Crippen molar-refractivity contribution in [3.8, 4) is 0 Å². The van der Waals surface area contributed by atoms with Crippen LogP contribution in [0.2, 0.25) is 0 Å². The van der Waals surface area contributed by atoms with Crippen LogP contribution in [0.3, 0.4) is 0 Å². The van der Waals surface area contributed by atoms with Crippen LogP contribution in [0.25, 0.3) is 0 Å². The molecule has 0 spiro atoms. The molecule has 0 amide bonds. The van der Waals surface area contributed by atoms with E-state index in [0.717, 1.165) is 0 Å². The normalized spacial score (nSPS) is 16.8. The lowest BCUT2D eigenvalue weighted by Crippen LogP contribution is -2.45. The van der Waals surface area contributed by atoms with E-state index < -0.39 is 17.1 Å². The van der Waals surface area contributed by atoms with Gasteiger partial charge < -0.3 is 10.8 Å². The molecule has 0 aliphatic carbocycles. The Balaban J connectivity index is 4.09. The van der Waals surface area contributed by atoms with Crippen LogP contribution in [0.4, 0.5) is 0 Å². The minimum atomic E-state index is -1.36. The molecule has 0 aliphatic heterocycles. The first kappa shape index (κ1) is 8.32. The maximum absolute atomic E-state index is 10.0. The van der Waals surface area contributed by atoms with Crippen molar-refractivity contribution in [2.75, 3.05) is 13.2 Å². The Hall–Kier alpha value is -0.680. The van der Waals surface area contributed by atoms with Crippen LogP contribution >= 0.6 is 0 Å². The fraction of sp³-hybridized carbons (Fsp3) is 1.00. The fourth-order valence-electron chi connectivity index (χ4n) is 0.197. The van der Waals surface area contributed by atoms with Crippen LogP contribution in [0.1, 0.15) is 6.92 Å². The Morgan fingerprint density at radius 2 is 2.33 bits per heavy atom. The molecule has 0 saturated heterocycles. The number of aliphatic hydroxyl groups is 1. The summed E-state index contributed by atoms with van der Waals surface area (Å²) >= 11 is 0. The fourth-order valence-corrected chi connectivity index (χ4v) is 0.197. The minimum absolute atomic E-state index is 0.142. The molecule has 1 atom stereocenters. The van der Waals surface area contributed by atoms with E-state index in [2.05, 4.69) is 0 Å². The molecule has 0 aromatic heterocycles. The van der Waals surface area contributed by atoms with Gasteiger partial charge in [-0.25, -0.2) is 0 Å². The molecule has 0 heterocycles. The lowest BCUT2D eigenvalue weighted by molar-refractivity contribution is -0.565. The Bertz CT molecular complexity index is 110. The molecule has 0 aromatic carbocycles. The van der Waals surface area contributed by atoms with Crippen molar-refractivity contribution in [2.45, 2.75) is 12.5 Å². The van der Waals surface area contributed by atoms with E-state index in [1.807, 2.05) is 0 Å². The van der Waals surface area contributed by atoms with Gasteiger partial charge in [0.15, 0.2) is 0 Å². The second-order valence-electron chi connectivity index (χ2n) is 2.12. The first-order chi connectivity index (χ1) is 4.06. The molecule has 0 fully saturated rings. The third-order valence-electron chi connectivity index (χ3n) is 1.22. The van der Waals surface area contributed by atoms with Crippen LogP contribution in [0.5, 0.6) is 0 Å². The predicted octanol–water partition coefficient (Wildman–Crippen LogP) is -1.03. The number of hydrogen-bond donors (Lipinski definition) is 2. The monoisotopic (exact) mass is 134 g/mol. The van der Waals surface area contributed by atoms with Gasteiger partial charge in [-0.2, -0.15) is 0 Å². The highest BCUT2D eigenvalue weighted by Gasteiger charge is 2.34.